The molecule has 4 nitrogen and oxygen atoms in total. The van der Waals surface area contributed by atoms with Gasteiger partial charge in [0, 0.05) is 0 Å². The van der Waals surface area contributed by atoms with Crippen LogP contribution < -0.4 is 30.7 Å². The van der Waals surface area contributed by atoms with Crippen LogP contribution in [0.4, 0.5) is 0 Å². The van der Waals surface area contributed by atoms with Crippen LogP contribution in [0.3, 0.4) is 0 Å². The molecule has 1 aliphatic heterocycles. The van der Waals surface area contributed by atoms with E-state index in [1.54, 1.807) is 0 Å². The van der Waals surface area contributed by atoms with Crippen molar-refractivity contribution < 1.29 is 35.4 Å². The van der Waals surface area contributed by atoms with Crippen LogP contribution in [0.2, 0.25) is 0 Å². The van der Waals surface area contributed by atoms with E-state index < -0.39 is 0 Å². The summed E-state index contributed by atoms with van der Waals surface area (Å²) in [6.45, 7) is 5.34. The first-order chi connectivity index (χ1) is 13.2. The number of ether oxygens (including phenoxy) is 3. The standard InChI is InChI=1S/C22H29INO3/c1-4-13-25-19-11-10-18(23-2)15-20(19)27-22(17-8-6-5-7-9-17)21-16-24(3)12-14-26-21/h5-11,15,21-22H,4,12-14,16H2,1-3H3/q-1. The zero-order valence-electron chi connectivity index (χ0n) is 16.4. The molecule has 2 unspecified atom stereocenters. The molecule has 2 aromatic rings. The van der Waals surface area contributed by atoms with E-state index in [0.717, 1.165) is 43.2 Å². The van der Waals surface area contributed by atoms with E-state index in [1.165, 1.54) is 3.57 Å². The number of rotatable bonds is 8. The van der Waals surface area contributed by atoms with Crippen molar-refractivity contribution in [2.45, 2.75) is 25.6 Å². The molecule has 1 aliphatic rings. The number of benzene rings is 2. The van der Waals surface area contributed by atoms with E-state index >= 15 is 0 Å². The Hall–Kier alpha value is -1.31. The quantitative estimate of drug-likeness (QED) is 0.412. The summed E-state index contributed by atoms with van der Waals surface area (Å²) in [5.41, 5.74) is 1.14. The molecule has 0 aliphatic carbocycles. The molecule has 27 heavy (non-hydrogen) atoms. The van der Waals surface area contributed by atoms with Gasteiger partial charge in [-0.2, -0.15) is 0 Å². The van der Waals surface area contributed by atoms with Crippen LogP contribution in [-0.4, -0.2) is 49.3 Å². The fourth-order valence-corrected chi connectivity index (χ4v) is 4.29. The number of hydrogen-bond acceptors (Lipinski definition) is 4. The summed E-state index contributed by atoms with van der Waals surface area (Å²) in [6.07, 6.45) is 0.800. The van der Waals surface area contributed by atoms with Crippen LogP contribution in [-0.2, 0) is 4.74 Å². The van der Waals surface area contributed by atoms with Crippen molar-refractivity contribution in [3.63, 3.8) is 0 Å². The fourth-order valence-electron chi connectivity index (χ4n) is 3.16. The third kappa shape index (κ3) is 5.59. The Bertz CT molecular complexity index is 710. The van der Waals surface area contributed by atoms with Crippen molar-refractivity contribution in [3.8, 4) is 11.5 Å². The van der Waals surface area contributed by atoms with E-state index in [0.29, 0.717) is 6.61 Å². The number of alkyl halides is 1. The summed E-state index contributed by atoms with van der Waals surface area (Å²) in [4.78, 5) is 4.56. The first-order valence-corrected chi connectivity index (χ1v) is 12.7. The van der Waals surface area contributed by atoms with Gasteiger partial charge < -0.3 is 0 Å². The summed E-state index contributed by atoms with van der Waals surface area (Å²) >= 11 is -0.0127. The van der Waals surface area contributed by atoms with Crippen LogP contribution in [0.5, 0.6) is 11.5 Å². The van der Waals surface area contributed by atoms with Gasteiger partial charge in [-0.1, -0.05) is 0 Å². The number of halogens is 1. The average molecular weight is 482 g/mol. The third-order valence-electron chi connectivity index (χ3n) is 4.60. The number of hydrogen-bond donors (Lipinski definition) is 0. The van der Waals surface area contributed by atoms with Gasteiger partial charge in [0.15, 0.2) is 0 Å². The molecule has 2 atom stereocenters. The Morgan fingerprint density at radius 3 is 2.70 bits per heavy atom. The summed E-state index contributed by atoms with van der Waals surface area (Å²) in [6, 6.07) is 16.7. The van der Waals surface area contributed by atoms with Crippen LogP contribution in [0.1, 0.15) is 25.0 Å². The first kappa shape index (κ1) is 20.4. The molecule has 148 valence electrons. The Kier molecular flexibility index (Phi) is 7.79. The number of morpholine rings is 1. The number of nitrogens with zero attached hydrogens (tertiary/aromatic N) is 1. The molecule has 0 aromatic heterocycles. The molecule has 5 heteroatoms. The predicted octanol–water partition coefficient (Wildman–Crippen LogP) is 0.815. The maximum atomic E-state index is 6.60. The van der Waals surface area contributed by atoms with Gasteiger partial charge in [-0.3, -0.25) is 0 Å². The summed E-state index contributed by atoms with van der Waals surface area (Å²) in [7, 11) is 2.13. The molecule has 3 rings (SSSR count). The van der Waals surface area contributed by atoms with Gasteiger partial charge in [-0.25, -0.2) is 0 Å². The van der Waals surface area contributed by atoms with E-state index in [-0.39, 0.29) is 33.4 Å². The molecule has 1 fully saturated rings. The van der Waals surface area contributed by atoms with Crippen molar-refractivity contribution in [1.82, 2.24) is 4.90 Å². The van der Waals surface area contributed by atoms with Gasteiger partial charge in [-0.15, -0.1) is 0 Å². The fraction of sp³-hybridized carbons (Fsp3) is 0.455. The average Bonchev–Trinajstić information content (AvgIpc) is 2.71. The molecule has 0 spiro atoms. The second kappa shape index (κ2) is 10.3. The van der Waals surface area contributed by atoms with Gasteiger partial charge in [0.05, 0.1) is 0 Å². The van der Waals surface area contributed by atoms with Crippen molar-refractivity contribution in [3.05, 3.63) is 57.7 Å². The van der Waals surface area contributed by atoms with E-state index in [4.69, 9.17) is 14.2 Å². The van der Waals surface area contributed by atoms with E-state index in [2.05, 4.69) is 66.3 Å². The van der Waals surface area contributed by atoms with Gasteiger partial charge in [0.1, 0.15) is 0 Å². The molecule has 1 heterocycles. The SMILES string of the molecule is CCCOc1ccc([I-]C)cc1OC(c1ccccc1)C1CN(C)CCO1. The molecule has 0 amide bonds. The molecule has 2 aromatic carbocycles. The van der Waals surface area contributed by atoms with Crippen LogP contribution in [0, 0.1) is 3.57 Å². The maximum absolute atomic E-state index is 6.60. The van der Waals surface area contributed by atoms with Crippen molar-refractivity contribution in [2.75, 3.05) is 38.3 Å². The normalized spacial score (nSPS) is 19.0. The van der Waals surface area contributed by atoms with Crippen molar-refractivity contribution in [1.29, 1.82) is 0 Å². The minimum atomic E-state index is -0.164. The van der Waals surface area contributed by atoms with Crippen molar-refractivity contribution >= 4 is 0 Å². The molecule has 0 saturated carbocycles. The monoisotopic (exact) mass is 482 g/mol. The van der Waals surface area contributed by atoms with Gasteiger partial charge in [0.25, 0.3) is 0 Å². The molecule has 0 radical (unpaired) electrons. The zero-order chi connectivity index (χ0) is 19.1. The van der Waals surface area contributed by atoms with Crippen molar-refractivity contribution in [2.24, 2.45) is 0 Å². The zero-order valence-corrected chi connectivity index (χ0v) is 18.5. The molecular weight excluding hydrogens is 453 g/mol. The molecular formula is C22H29INO3-. The van der Waals surface area contributed by atoms with Crippen LogP contribution in [0.25, 0.3) is 0 Å². The molecule has 1 saturated heterocycles. The Morgan fingerprint density at radius 1 is 1.19 bits per heavy atom. The van der Waals surface area contributed by atoms with Gasteiger partial charge in [0.2, 0.25) is 0 Å². The Labute approximate surface area is 173 Å². The Morgan fingerprint density at radius 2 is 2.00 bits per heavy atom. The summed E-state index contributed by atoms with van der Waals surface area (Å²) in [5, 5.41) is 0. The topological polar surface area (TPSA) is 30.9 Å². The van der Waals surface area contributed by atoms with E-state index in [1.807, 2.05) is 6.07 Å². The van der Waals surface area contributed by atoms with E-state index in [9.17, 15) is 0 Å². The predicted molar refractivity (Wildman–Crippen MR) is 104 cm³/mol. The van der Waals surface area contributed by atoms with Crippen LogP contribution >= 0.6 is 0 Å². The third-order valence-corrected chi connectivity index (χ3v) is 6.52. The molecule has 0 bridgehead atoms. The summed E-state index contributed by atoms with van der Waals surface area (Å²) in [5.74, 6) is 1.65. The van der Waals surface area contributed by atoms with Gasteiger partial charge >= 0.3 is 173 Å². The Balaban J connectivity index is 1.91. The van der Waals surface area contributed by atoms with Gasteiger partial charge in [-0.05, 0) is 0 Å². The van der Waals surface area contributed by atoms with Crippen LogP contribution in [0.15, 0.2) is 48.5 Å². The summed E-state index contributed by atoms with van der Waals surface area (Å²) < 4.78 is 20.0. The molecule has 0 N–H and O–H groups in total. The second-order valence-electron chi connectivity index (χ2n) is 6.75. The number of likely N-dealkylation sites (N-methyl/N-ethyl adjacent to an activating group) is 1. The minimum absolute atomic E-state index is 0.00912. The second-order valence-corrected chi connectivity index (χ2v) is 9.07. The first-order valence-electron chi connectivity index (χ1n) is 9.49.